The second kappa shape index (κ2) is 9.12. The lowest BCUT2D eigenvalue weighted by Gasteiger charge is -2.33. The molecular weight excluding hydrogens is 447 g/mol. The summed E-state index contributed by atoms with van der Waals surface area (Å²) in [7, 11) is 0.686. The molecule has 1 fully saturated rings. The molecule has 1 aromatic heterocycles. The fourth-order valence-corrected chi connectivity index (χ4v) is 5.29. The molecule has 12 heteroatoms. The van der Waals surface area contributed by atoms with Crippen molar-refractivity contribution in [2.75, 3.05) is 25.9 Å². The molecule has 10 nitrogen and oxygen atoms in total. The fraction of sp³-hybridized carbons (Fsp3) is 0.429. The maximum Gasteiger partial charge on any atom is 0.526 e. The minimum Gasteiger partial charge on any atom is -0.545 e. The molecule has 0 radical (unpaired) electrons. The van der Waals surface area contributed by atoms with Gasteiger partial charge in [-0.05, 0) is 12.0 Å². The summed E-state index contributed by atoms with van der Waals surface area (Å²) >= 11 is 1.10. The second-order valence-electron chi connectivity index (χ2n) is 8.93. The summed E-state index contributed by atoms with van der Waals surface area (Å²) in [6.45, 7) is 2.47. The molecule has 0 bridgehead atoms. The van der Waals surface area contributed by atoms with Crippen LogP contribution >= 0.6 is 11.3 Å². The zero-order valence-electron chi connectivity index (χ0n) is 18.2. The van der Waals surface area contributed by atoms with Crippen LogP contribution in [0.5, 0.6) is 5.75 Å². The van der Waals surface area contributed by atoms with Gasteiger partial charge in [-0.3, -0.25) is 4.79 Å². The van der Waals surface area contributed by atoms with Crippen LogP contribution in [0.3, 0.4) is 0 Å². The number of rotatable bonds is 7. The highest BCUT2D eigenvalue weighted by atomic mass is 32.1. The molecule has 1 saturated heterocycles. The smallest absolute Gasteiger partial charge is 0.526 e. The van der Waals surface area contributed by atoms with Crippen LogP contribution in [0.1, 0.15) is 46.4 Å². The number of oxime groups is 1. The first kappa shape index (κ1) is 23.2. The number of carboxylic acid groups (broad SMARTS) is 1. The van der Waals surface area contributed by atoms with Crippen LogP contribution in [-0.4, -0.2) is 64.4 Å². The number of aromatic carboxylic acids is 1. The molecule has 2 aliphatic heterocycles. The van der Waals surface area contributed by atoms with Gasteiger partial charge >= 0.3 is 7.12 Å². The first-order chi connectivity index (χ1) is 15.7. The van der Waals surface area contributed by atoms with Crippen molar-refractivity contribution in [3.63, 3.8) is 0 Å². The topological polar surface area (TPSA) is 158 Å². The molecule has 0 unspecified atom stereocenters. The van der Waals surface area contributed by atoms with Crippen molar-refractivity contribution in [2.24, 2.45) is 5.16 Å². The highest BCUT2D eigenvalue weighted by Crippen LogP contribution is 2.39. The number of Topliss-reactive ketones (excluding diaryl/α,β-unsaturated/α-hetero) is 1. The molecule has 2 aromatic rings. The molecule has 0 amide bonds. The van der Waals surface area contributed by atoms with Crippen molar-refractivity contribution in [1.82, 2.24) is 4.98 Å². The van der Waals surface area contributed by atoms with Gasteiger partial charge in [-0.15, -0.1) is 11.3 Å². The second-order valence-corrected chi connectivity index (χ2v) is 9.82. The molecule has 0 spiro atoms. The first-order valence-electron chi connectivity index (χ1n) is 10.7. The zero-order valence-corrected chi connectivity index (χ0v) is 19.0. The van der Waals surface area contributed by atoms with Crippen LogP contribution < -0.4 is 15.5 Å². The van der Waals surface area contributed by atoms with E-state index in [0.717, 1.165) is 41.8 Å². The number of likely N-dealkylation sites (tertiary alicyclic amines) is 1. The highest BCUT2D eigenvalue weighted by Gasteiger charge is 2.39. The minimum absolute atomic E-state index is 0.0434. The Kier molecular flexibility index (Phi) is 6.42. The summed E-state index contributed by atoms with van der Waals surface area (Å²) in [5, 5.41) is 36.7. The van der Waals surface area contributed by atoms with Crippen LogP contribution in [0.25, 0.3) is 0 Å². The molecule has 4 rings (SSSR count). The normalized spacial score (nSPS) is 19.8. The number of carboxylic acids is 1. The number of hydrogen-bond donors (Lipinski definition) is 3. The number of carbonyl (C=O) groups is 2. The number of nitrogens with zero attached hydrogens (tertiary/aromatic N) is 3. The number of hydrogen-bond acceptors (Lipinski definition) is 10. The average molecular weight is 472 g/mol. The number of ketones is 1. The number of nitrogen functional groups attached to an aromatic ring is 1. The predicted octanol–water partition coefficient (Wildman–Crippen LogP) is 0.452. The van der Waals surface area contributed by atoms with Crippen LogP contribution in [0.15, 0.2) is 22.7 Å². The van der Waals surface area contributed by atoms with E-state index >= 15 is 0 Å². The Morgan fingerprint density at radius 3 is 2.73 bits per heavy atom. The van der Waals surface area contributed by atoms with Gasteiger partial charge in [-0.2, -0.15) is 0 Å². The van der Waals surface area contributed by atoms with E-state index in [1.807, 2.05) is 0 Å². The molecule has 2 aliphatic rings. The lowest BCUT2D eigenvalue weighted by Crippen LogP contribution is -2.41. The van der Waals surface area contributed by atoms with Gasteiger partial charge < -0.3 is 35.0 Å². The third kappa shape index (κ3) is 4.73. The number of aromatic nitrogens is 1. The van der Waals surface area contributed by atoms with Gasteiger partial charge in [0.05, 0.1) is 26.1 Å². The van der Waals surface area contributed by atoms with E-state index in [-0.39, 0.29) is 40.7 Å². The van der Waals surface area contributed by atoms with Crippen LogP contribution in [0.4, 0.5) is 5.13 Å². The lowest BCUT2D eigenvalue weighted by atomic mass is 9.64. The quantitative estimate of drug-likeness (QED) is 0.172. The molecular formula is C21H25BN4O6S. The standard InChI is InChI=1S/C21H25BN4O6S/c1-26(6-2-3-7-26)10-13-5-4-12-8-14(22(30)32-19(12)17(13)20(28)29)9-16(27)18(25-31)15-11-33-21(23)24-15/h4-5,11,14,30H,2-3,6-10H2,1H3,(H3-,23,24,27,28,29,31)/t14-/m1/s1. The Morgan fingerprint density at radius 2 is 2.12 bits per heavy atom. The number of fused-ring (bicyclic) bond motifs is 1. The van der Waals surface area contributed by atoms with Crippen molar-refractivity contribution in [3.8, 4) is 5.75 Å². The van der Waals surface area contributed by atoms with Gasteiger partial charge in [0.2, 0.25) is 0 Å². The monoisotopic (exact) mass is 472 g/mol. The van der Waals surface area contributed by atoms with Gasteiger partial charge in [-0.1, -0.05) is 17.3 Å². The molecule has 4 N–H and O–H groups in total. The predicted molar refractivity (Wildman–Crippen MR) is 120 cm³/mol. The minimum atomic E-state index is -1.41. The van der Waals surface area contributed by atoms with Gasteiger partial charge in [0.1, 0.15) is 18.0 Å². The van der Waals surface area contributed by atoms with Gasteiger partial charge in [0.25, 0.3) is 0 Å². The Balaban J connectivity index is 1.56. The number of anilines is 1. The Morgan fingerprint density at radius 1 is 1.39 bits per heavy atom. The number of nitrogens with two attached hydrogens (primary N) is 1. The summed E-state index contributed by atoms with van der Waals surface area (Å²) in [4.78, 5) is 28.7. The Labute approximate surface area is 195 Å². The number of carbonyl (C=O) groups excluding carboxylic acids is 2. The maximum absolute atomic E-state index is 12.7. The van der Waals surface area contributed by atoms with E-state index in [0.29, 0.717) is 17.7 Å². The van der Waals surface area contributed by atoms with E-state index in [4.69, 9.17) is 10.4 Å². The fourth-order valence-electron chi connectivity index (χ4n) is 4.74. The molecule has 33 heavy (non-hydrogen) atoms. The SMILES string of the molecule is C[N+]1(Cc2ccc3c(c2C(=O)[O-])OB(O)[C@@H](CC(=O)/C(=N\O)c2csc(N)n2)C3)CCCC1. The Bertz CT molecular complexity index is 1110. The average Bonchev–Trinajstić information content (AvgIpc) is 3.37. The van der Waals surface area contributed by atoms with Crippen molar-refractivity contribution < 1.29 is 34.1 Å². The number of benzene rings is 1. The summed E-state index contributed by atoms with van der Waals surface area (Å²) in [6.07, 6.45) is 2.22. The third-order valence-corrected chi connectivity index (χ3v) is 7.10. The summed E-state index contributed by atoms with van der Waals surface area (Å²) in [5.74, 6) is -2.47. The summed E-state index contributed by atoms with van der Waals surface area (Å²) < 4.78 is 6.38. The molecule has 3 heterocycles. The largest absolute Gasteiger partial charge is 0.545 e. The summed E-state index contributed by atoms with van der Waals surface area (Å²) in [6, 6.07) is 3.55. The molecule has 0 saturated carbocycles. The van der Waals surface area contributed by atoms with E-state index in [9.17, 15) is 24.9 Å². The van der Waals surface area contributed by atoms with Crippen LogP contribution in [-0.2, 0) is 17.8 Å². The maximum atomic E-state index is 12.7. The van der Waals surface area contributed by atoms with Crippen molar-refractivity contribution in [2.45, 2.75) is 38.0 Å². The summed E-state index contributed by atoms with van der Waals surface area (Å²) in [5.41, 5.74) is 6.62. The zero-order chi connectivity index (χ0) is 23.8. The molecule has 1 atom stereocenters. The third-order valence-electron chi connectivity index (χ3n) is 6.43. The first-order valence-corrected chi connectivity index (χ1v) is 11.6. The molecule has 174 valence electrons. The van der Waals surface area contributed by atoms with Crippen LogP contribution in [0, 0.1) is 0 Å². The van der Waals surface area contributed by atoms with Gasteiger partial charge in [-0.25, -0.2) is 4.98 Å². The van der Waals surface area contributed by atoms with Gasteiger partial charge in [0.15, 0.2) is 16.6 Å². The highest BCUT2D eigenvalue weighted by molar-refractivity contribution is 7.13. The van der Waals surface area contributed by atoms with Crippen molar-refractivity contribution in [3.05, 3.63) is 39.9 Å². The van der Waals surface area contributed by atoms with Crippen molar-refractivity contribution in [1.29, 1.82) is 0 Å². The van der Waals surface area contributed by atoms with E-state index in [1.165, 1.54) is 5.38 Å². The number of thiazole rings is 1. The van der Waals surface area contributed by atoms with E-state index in [1.54, 1.807) is 12.1 Å². The van der Waals surface area contributed by atoms with Crippen LogP contribution in [0.2, 0.25) is 5.82 Å². The van der Waals surface area contributed by atoms with Crippen molar-refractivity contribution >= 4 is 41.1 Å². The number of quaternary nitrogens is 1. The molecule has 0 aliphatic carbocycles. The lowest BCUT2D eigenvalue weighted by molar-refractivity contribution is -0.910. The van der Waals surface area contributed by atoms with Gasteiger partial charge in [0, 0.05) is 41.6 Å². The molecule has 1 aromatic carbocycles. The van der Waals surface area contributed by atoms with E-state index in [2.05, 4.69) is 17.2 Å². The van der Waals surface area contributed by atoms with E-state index < -0.39 is 24.7 Å². The Hall–Kier alpha value is -2.96.